The number of hydrogen-bond acceptors (Lipinski definition) is 10. The van der Waals surface area contributed by atoms with Gasteiger partial charge in [-0.05, 0) is 25.0 Å². The number of para-hydroxylation sites is 1. The first kappa shape index (κ1) is 21.7. The molecule has 1 fully saturated rings. The van der Waals surface area contributed by atoms with Crippen molar-refractivity contribution in [1.29, 1.82) is 0 Å². The summed E-state index contributed by atoms with van der Waals surface area (Å²) in [6.07, 6.45) is 3.05. The summed E-state index contributed by atoms with van der Waals surface area (Å²) in [4.78, 5) is 37.6. The van der Waals surface area contributed by atoms with Crippen LogP contribution in [0.15, 0.2) is 30.5 Å². The van der Waals surface area contributed by atoms with Gasteiger partial charge in [-0.15, -0.1) is 10.2 Å². The van der Waals surface area contributed by atoms with Crippen LogP contribution in [-0.2, 0) is 16.1 Å². The molecule has 2 aromatic heterocycles. The van der Waals surface area contributed by atoms with E-state index in [0.29, 0.717) is 22.7 Å². The van der Waals surface area contributed by atoms with Crippen molar-refractivity contribution in [3.05, 3.63) is 36.2 Å². The maximum Gasteiger partial charge on any atom is 0.273 e. The number of anilines is 3. The number of aliphatic hydroxyl groups excluding tert-OH is 1. The molecule has 3 amide bonds. The minimum absolute atomic E-state index is 0.0709. The van der Waals surface area contributed by atoms with Gasteiger partial charge in [0.05, 0.1) is 31.2 Å². The predicted molar refractivity (Wildman–Crippen MR) is 132 cm³/mol. The molecule has 14 heteroatoms. The first-order valence-corrected chi connectivity index (χ1v) is 11.3. The number of rotatable bonds is 11. The third kappa shape index (κ3) is 6.16. The first-order chi connectivity index (χ1) is 19.1. The largest absolute Gasteiger partial charge is 0.494 e. The molecule has 1 aliphatic rings. The lowest BCUT2D eigenvalue weighted by molar-refractivity contribution is -0.123. The number of methoxy groups -OCH3 is 1. The van der Waals surface area contributed by atoms with E-state index < -0.39 is 25.4 Å². The Morgan fingerprint density at radius 2 is 2.08 bits per heavy atom. The molecule has 3 aromatic rings. The molecule has 194 valence electrons. The molecule has 14 nitrogen and oxygen atoms in total. The number of benzene rings is 1. The Balaban J connectivity index is 1.63. The summed E-state index contributed by atoms with van der Waals surface area (Å²) in [5, 5.41) is 35.2. The van der Waals surface area contributed by atoms with Crippen LogP contribution < -0.4 is 26.0 Å². The maximum atomic E-state index is 12.7. The molecule has 0 aliphatic heterocycles. The van der Waals surface area contributed by atoms with Gasteiger partial charge >= 0.3 is 0 Å². The molecule has 5 N–H and O–H groups in total. The van der Waals surface area contributed by atoms with Gasteiger partial charge in [0.25, 0.3) is 5.91 Å². The van der Waals surface area contributed by atoms with Gasteiger partial charge in [-0.1, -0.05) is 6.07 Å². The summed E-state index contributed by atoms with van der Waals surface area (Å²) in [6.45, 7) is -2.91. The summed E-state index contributed by atoms with van der Waals surface area (Å²) in [5.41, 5.74) is 1.11. The van der Waals surface area contributed by atoms with E-state index >= 15 is 0 Å². The fourth-order valence-electron chi connectivity index (χ4n) is 3.43. The Morgan fingerprint density at radius 1 is 1.24 bits per heavy atom. The van der Waals surface area contributed by atoms with E-state index in [2.05, 4.69) is 36.3 Å². The number of aromatic nitrogens is 5. The molecule has 0 radical (unpaired) electrons. The highest BCUT2D eigenvalue weighted by Crippen LogP contribution is 2.37. The second-order valence-corrected chi connectivity index (χ2v) is 8.05. The number of hydrogen-bond donors (Lipinski definition) is 5. The molecule has 1 aliphatic carbocycles. The van der Waals surface area contributed by atoms with Crippen molar-refractivity contribution in [2.45, 2.75) is 19.4 Å². The lowest BCUT2D eigenvalue weighted by atomic mass is 10.1. The van der Waals surface area contributed by atoms with Gasteiger partial charge < -0.3 is 31.1 Å². The van der Waals surface area contributed by atoms with Gasteiger partial charge in [-0.2, -0.15) is 15.0 Å². The Bertz CT molecular complexity index is 1410. The van der Waals surface area contributed by atoms with Crippen LogP contribution >= 0.6 is 0 Å². The number of aliphatic hydroxyl groups is 1. The summed E-state index contributed by atoms with van der Waals surface area (Å²) in [6, 6.07) is 6.48. The summed E-state index contributed by atoms with van der Waals surface area (Å²) < 4.78 is 27.7. The Labute approximate surface area is 216 Å². The first-order valence-electron chi connectivity index (χ1n) is 12.8. The SMILES string of the molecule is [2H]C([2H])([2H])NC(=O)c1nnc(NC(=O)C2CC2)cc1Nc1cccc(-c2cnn(CCNC(=O)CO)n2)c1OC. The molecule has 0 bridgehead atoms. The van der Waals surface area contributed by atoms with Crippen LogP contribution in [0.3, 0.4) is 0 Å². The normalized spacial score (nSPS) is 14.1. The summed E-state index contributed by atoms with van der Waals surface area (Å²) in [7, 11) is 1.44. The van der Waals surface area contributed by atoms with Crippen LogP contribution in [-0.4, -0.2) is 75.3 Å². The number of carbonyl (C=O) groups excluding carboxylic acids is 3. The van der Waals surface area contributed by atoms with Crippen LogP contribution in [0.5, 0.6) is 5.75 Å². The van der Waals surface area contributed by atoms with Gasteiger partial charge in [0.15, 0.2) is 17.3 Å². The summed E-state index contributed by atoms with van der Waals surface area (Å²) in [5.74, 6) is -1.43. The maximum absolute atomic E-state index is 12.7. The third-order valence-corrected chi connectivity index (χ3v) is 5.40. The molecular formula is C23H27N9O5. The highest BCUT2D eigenvalue weighted by Gasteiger charge is 2.30. The zero-order chi connectivity index (χ0) is 28.9. The van der Waals surface area contributed by atoms with Crippen molar-refractivity contribution in [2.75, 3.05) is 37.9 Å². The molecule has 1 aromatic carbocycles. The molecular weight excluding hydrogens is 482 g/mol. The van der Waals surface area contributed by atoms with Crippen LogP contribution in [0, 0.1) is 5.92 Å². The zero-order valence-electron chi connectivity index (χ0n) is 22.8. The molecule has 0 atom stereocenters. The van der Waals surface area contributed by atoms with E-state index in [1.807, 2.05) is 5.32 Å². The second-order valence-electron chi connectivity index (χ2n) is 8.05. The van der Waals surface area contributed by atoms with E-state index in [1.54, 1.807) is 18.2 Å². The van der Waals surface area contributed by atoms with Gasteiger partial charge in [0.1, 0.15) is 12.3 Å². The van der Waals surface area contributed by atoms with Crippen LogP contribution in [0.2, 0.25) is 0 Å². The van der Waals surface area contributed by atoms with E-state index in [1.165, 1.54) is 24.2 Å². The molecule has 4 rings (SSSR count). The molecule has 0 spiro atoms. The average Bonchev–Trinajstić information content (AvgIpc) is 3.66. The van der Waals surface area contributed by atoms with Crippen molar-refractivity contribution in [1.82, 2.24) is 35.8 Å². The van der Waals surface area contributed by atoms with E-state index in [4.69, 9.17) is 14.0 Å². The topological polar surface area (TPSA) is 185 Å². The number of nitrogens with one attached hydrogen (secondary N) is 4. The second kappa shape index (κ2) is 11.4. The van der Waals surface area contributed by atoms with E-state index in [9.17, 15) is 14.4 Å². The van der Waals surface area contributed by atoms with Crippen LogP contribution in [0.25, 0.3) is 11.3 Å². The van der Waals surface area contributed by atoms with E-state index in [-0.39, 0.29) is 42.1 Å². The fraction of sp³-hybridized carbons (Fsp3) is 0.348. The van der Waals surface area contributed by atoms with Crippen molar-refractivity contribution in [3.63, 3.8) is 0 Å². The third-order valence-electron chi connectivity index (χ3n) is 5.40. The molecule has 2 heterocycles. The number of carbonyl (C=O) groups is 3. The minimum atomic E-state index is -2.76. The molecule has 0 saturated heterocycles. The number of nitrogens with zero attached hydrogens (tertiary/aromatic N) is 5. The monoisotopic (exact) mass is 512 g/mol. The molecule has 1 saturated carbocycles. The Morgan fingerprint density at radius 3 is 2.81 bits per heavy atom. The zero-order valence-corrected chi connectivity index (χ0v) is 19.8. The van der Waals surface area contributed by atoms with Crippen molar-refractivity contribution >= 4 is 34.9 Å². The lowest BCUT2D eigenvalue weighted by Gasteiger charge is -2.16. The van der Waals surface area contributed by atoms with Crippen LogP contribution in [0.4, 0.5) is 17.2 Å². The fourth-order valence-corrected chi connectivity index (χ4v) is 3.43. The lowest BCUT2D eigenvalue weighted by Crippen LogP contribution is -2.29. The highest BCUT2D eigenvalue weighted by atomic mass is 16.5. The van der Waals surface area contributed by atoms with Crippen molar-refractivity contribution in [2.24, 2.45) is 5.92 Å². The standard InChI is InChI=1S/C23H27N9O5/c1-24-23(36)20-16(10-18(29-30-20)28-22(35)13-6-7-13)27-15-5-3-4-14(21(15)37-2)17-11-26-32(31-17)9-8-25-19(34)12-33/h3-5,10-11,13,33H,6-9,12H2,1-2H3,(H,24,36)(H,25,34)(H2,27,28,29,35)/i1D3. The Hall–Kier alpha value is -4.59. The number of amides is 3. The van der Waals surface area contributed by atoms with Gasteiger partial charge in [0, 0.05) is 35.2 Å². The van der Waals surface area contributed by atoms with E-state index in [0.717, 1.165) is 12.8 Å². The van der Waals surface area contributed by atoms with Crippen molar-refractivity contribution < 1.29 is 28.3 Å². The quantitative estimate of drug-likeness (QED) is 0.239. The van der Waals surface area contributed by atoms with Gasteiger partial charge in [-0.25, -0.2) is 0 Å². The van der Waals surface area contributed by atoms with Gasteiger partial charge in [-0.3, -0.25) is 14.4 Å². The average molecular weight is 513 g/mol. The minimum Gasteiger partial charge on any atom is -0.494 e. The summed E-state index contributed by atoms with van der Waals surface area (Å²) >= 11 is 0. The smallest absolute Gasteiger partial charge is 0.273 e. The Kier molecular flexibility index (Phi) is 6.70. The predicted octanol–water partition coefficient (Wildman–Crippen LogP) is 0.304. The van der Waals surface area contributed by atoms with Gasteiger partial charge in [0.2, 0.25) is 11.8 Å². The number of ether oxygens (including phenoxy) is 1. The molecule has 0 unspecified atom stereocenters. The highest BCUT2D eigenvalue weighted by molar-refractivity contribution is 6.00. The van der Waals surface area contributed by atoms with Crippen LogP contribution in [0.1, 0.15) is 27.4 Å². The van der Waals surface area contributed by atoms with Crippen molar-refractivity contribution in [3.8, 4) is 17.0 Å². The molecule has 37 heavy (non-hydrogen) atoms.